The second-order valence-electron chi connectivity index (χ2n) is 6.14. The van der Waals surface area contributed by atoms with Crippen molar-refractivity contribution in [2.75, 3.05) is 0 Å². The first kappa shape index (κ1) is 20.0. The van der Waals surface area contributed by atoms with Crippen LogP contribution in [-0.2, 0) is 4.79 Å². The highest BCUT2D eigenvalue weighted by Crippen LogP contribution is 2.18. The Morgan fingerprint density at radius 2 is 1.69 bits per heavy atom. The summed E-state index contributed by atoms with van der Waals surface area (Å²) in [5, 5.41) is 4.03. The Balaban J connectivity index is 1.63. The molecule has 150 valence electrons. The van der Waals surface area contributed by atoms with Gasteiger partial charge in [0.2, 0.25) is 0 Å². The summed E-state index contributed by atoms with van der Waals surface area (Å²) >= 11 is 0. The Labute approximate surface area is 165 Å². The second kappa shape index (κ2) is 8.51. The lowest BCUT2D eigenvalue weighted by Crippen LogP contribution is -2.47. The van der Waals surface area contributed by atoms with Gasteiger partial charge < -0.3 is 4.74 Å². The average molecular weight is 400 g/mol. The third-order valence-electron chi connectivity index (χ3n) is 4.14. The van der Waals surface area contributed by atoms with Crippen molar-refractivity contribution in [1.82, 2.24) is 20.6 Å². The first-order valence-electron chi connectivity index (χ1n) is 8.69. The molecule has 9 heteroatoms. The summed E-state index contributed by atoms with van der Waals surface area (Å²) in [6.45, 7) is 3.01. The normalized spacial score (nSPS) is 11.6. The van der Waals surface area contributed by atoms with E-state index in [1.165, 1.54) is 48.1 Å². The zero-order valence-corrected chi connectivity index (χ0v) is 15.6. The van der Waals surface area contributed by atoms with Crippen molar-refractivity contribution in [3.8, 4) is 11.4 Å². The van der Waals surface area contributed by atoms with Gasteiger partial charge in [-0.15, -0.1) is 0 Å². The van der Waals surface area contributed by atoms with Crippen molar-refractivity contribution < 1.29 is 23.1 Å². The van der Waals surface area contributed by atoms with Gasteiger partial charge in [0.15, 0.2) is 17.7 Å². The monoisotopic (exact) mass is 400 g/mol. The number of hydrazine groups is 1. The summed E-state index contributed by atoms with van der Waals surface area (Å²) in [5.74, 6) is -2.49. The van der Waals surface area contributed by atoms with Crippen molar-refractivity contribution in [2.24, 2.45) is 0 Å². The fourth-order valence-corrected chi connectivity index (χ4v) is 2.57. The van der Waals surface area contributed by atoms with Crippen molar-refractivity contribution in [3.63, 3.8) is 0 Å². The van der Waals surface area contributed by atoms with Gasteiger partial charge in [0.1, 0.15) is 11.5 Å². The lowest BCUT2D eigenvalue weighted by Gasteiger charge is -2.15. The van der Waals surface area contributed by atoms with Crippen LogP contribution in [-0.4, -0.2) is 27.7 Å². The Morgan fingerprint density at radius 1 is 1.03 bits per heavy atom. The smallest absolute Gasteiger partial charge is 0.279 e. The van der Waals surface area contributed by atoms with Gasteiger partial charge in [-0.2, -0.15) is 5.10 Å². The maximum Gasteiger partial charge on any atom is 0.279 e. The van der Waals surface area contributed by atoms with Gasteiger partial charge in [-0.25, -0.2) is 13.5 Å². The third kappa shape index (κ3) is 4.40. The van der Waals surface area contributed by atoms with Gasteiger partial charge >= 0.3 is 0 Å². The molecule has 1 unspecified atom stereocenters. The lowest BCUT2D eigenvalue weighted by molar-refractivity contribution is -0.128. The van der Waals surface area contributed by atoms with E-state index in [1.54, 1.807) is 25.1 Å². The Bertz CT molecular complexity index is 1050. The number of benzene rings is 2. The predicted octanol–water partition coefficient (Wildman–Crippen LogP) is 2.69. The molecule has 0 fully saturated rings. The summed E-state index contributed by atoms with van der Waals surface area (Å²) in [6, 6.07) is 11.7. The second-order valence-corrected chi connectivity index (χ2v) is 6.14. The number of nitrogens with zero attached hydrogens (tertiary/aromatic N) is 2. The molecule has 7 nitrogen and oxygen atoms in total. The van der Waals surface area contributed by atoms with E-state index in [9.17, 15) is 18.4 Å². The predicted molar refractivity (Wildman–Crippen MR) is 100 cm³/mol. The average Bonchev–Trinajstić information content (AvgIpc) is 3.09. The van der Waals surface area contributed by atoms with Crippen LogP contribution in [0.1, 0.15) is 23.0 Å². The summed E-state index contributed by atoms with van der Waals surface area (Å²) < 4.78 is 34.1. The van der Waals surface area contributed by atoms with Crippen LogP contribution in [0, 0.1) is 18.6 Å². The van der Waals surface area contributed by atoms with Gasteiger partial charge in [0, 0.05) is 0 Å². The molecule has 2 N–H and O–H groups in total. The van der Waals surface area contributed by atoms with Crippen molar-refractivity contribution in [3.05, 3.63) is 77.6 Å². The topological polar surface area (TPSA) is 85.2 Å². The van der Waals surface area contributed by atoms with Gasteiger partial charge in [0.05, 0.1) is 17.5 Å². The number of halogens is 2. The molecule has 3 aromatic rings. The first-order valence-corrected chi connectivity index (χ1v) is 8.69. The summed E-state index contributed by atoms with van der Waals surface area (Å²) in [6.07, 6.45) is 0.206. The Hall–Kier alpha value is -3.75. The number of hydrogen-bond donors (Lipinski definition) is 2. The molecule has 0 spiro atoms. The van der Waals surface area contributed by atoms with Gasteiger partial charge in [-0.05, 0) is 38.1 Å². The number of carbonyl (C=O) groups is 2. The molecule has 0 saturated heterocycles. The van der Waals surface area contributed by atoms with Gasteiger partial charge in [0.25, 0.3) is 11.8 Å². The number of hydrogen-bond acceptors (Lipinski definition) is 4. The minimum atomic E-state index is -1.06. The number of nitrogens with one attached hydrogen (secondary N) is 2. The minimum Gasteiger partial charge on any atom is -0.478 e. The molecule has 29 heavy (non-hydrogen) atoms. The third-order valence-corrected chi connectivity index (χ3v) is 4.14. The Kier molecular flexibility index (Phi) is 5.87. The summed E-state index contributed by atoms with van der Waals surface area (Å²) in [5.41, 5.74) is 5.18. The number of carbonyl (C=O) groups excluding carboxylic acids is 2. The van der Waals surface area contributed by atoms with Gasteiger partial charge in [-0.3, -0.25) is 20.4 Å². The van der Waals surface area contributed by atoms with Crippen LogP contribution >= 0.6 is 0 Å². The number of rotatable bonds is 5. The molecule has 1 heterocycles. The molecule has 0 aliphatic rings. The molecule has 1 atom stereocenters. The molecule has 0 aliphatic carbocycles. The zero-order valence-electron chi connectivity index (χ0n) is 15.6. The lowest BCUT2D eigenvalue weighted by atomic mass is 10.2. The van der Waals surface area contributed by atoms with E-state index in [1.807, 2.05) is 0 Å². The highest BCUT2D eigenvalue weighted by Gasteiger charge is 2.20. The van der Waals surface area contributed by atoms with E-state index in [4.69, 9.17) is 4.74 Å². The molecule has 2 amide bonds. The molecule has 0 radical (unpaired) electrons. The Morgan fingerprint density at radius 3 is 2.38 bits per heavy atom. The molecular formula is C20H18F2N4O3. The van der Waals surface area contributed by atoms with Crippen molar-refractivity contribution >= 4 is 11.8 Å². The molecule has 2 aromatic carbocycles. The maximum atomic E-state index is 14.0. The fraction of sp³-hybridized carbons (Fsp3) is 0.150. The van der Waals surface area contributed by atoms with Crippen LogP contribution in [0.25, 0.3) is 5.69 Å². The van der Waals surface area contributed by atoms with E-state index < -0.39 is 29.6 Å². The standard InChI is InChI=1S/C20H18F2N4O3/c1-12-14(11-23-26(12)17-9-5-3-7-15(17)21)20(28)25-24-19(27)13(2)29-18-10-6-4-8-16(18)22/h3-11,13H,1-2H3,(H,24,27)(H,25,28). The number of aromatic nitrogens is 2. The van der Waals surface area contributed by atoms with E-state index in [0.717, 1.165) is 0 Å². The molecular weight excluding hydrogens is 382 g/mol. The highest BCUT2D eigenvalue weighted by atomic mass is 19.1. The van der Waals surface area contributed by atoms with E-state index >= 15 is 0 Å². The molecule has 1 aromatic heterocycles. The van der Waals surface area contributed by atoms with Crippen LogP contribution in [0.4, 0.5) is 8.78 Å². The first-order chi connectivity index (χ1) is 13.9. The summed E-state index contributed by atoms with van der Waals surface area (Å²) in [4.78, 5) is 24.5. The highest BCUT2D eigenvalue weighted by molar-refractivity contribution is 5.96. The maximum absolute atomic E-state index is 14.0. The number of para-hydroxylation sites is 2. The van der Waals surface area contributed by atoms with Crippen LogP contribution in [0.15, 0.2) is 54.7 Å². The molecule has 3 rings (SSSR count). The van der Waals surface area contributed by atoms with Crippen molar-refractivity contribution in [2.45, 2.75) is 20.0 Å². The number of ether oxygens (including phenoxy) is 1. The van der Waals surface area contributed by atoms with Crippen LogP contribution < -0.4 is 15.6 Å². The SMILES string of the molecule is Cc1c(C(=O)NNC(=O)C(C)Oc2ccccc2F)cnn1-c1ccccc1F. The van der Waals surface area contributed by atoms with E-state index in [0.29, 0.717) is 5.69 Å². The molecule has 0 saturated carbocycles. The van der Waals surface area contributed by atoms with E-state index in [2.05, 4.69) is 16.0 Å². The fourth-order valence-electron chi connectivity index (χ4n) is 2.57. The van der Waals surface area contributed by atoms with E-state index in [-0.39, 0.29) is 17.0 Å². The van der Waals surface area contributed by atoms with Crippen LogP contribution in [0.3, 0.4) is 0 Å². The minimum absolute atomic E-state index is 0.0801. The van der Waals surface area contributed by atoms with Gasteiger partial charge in [-0.1, -0.05) is 24.3 Å². The van der Waals surface area contributed by atoms with Crippen LogP contribution in [0.2, 0.25) is 0 Å². The van der Waals surface area contributed by atoms with Crippen LogP contribution in [0.5, 0.6) is 5.75 Å². The summed E-state index contributed by atoms with van der Waals surface area (Å²) in [7, 11) is 0. The molecule has 0 aliphatic heterocycles. The quantitative estimate of drug-likeness (QED) is 0.645. The molecule has 0 bridgehead atoms. The largest absolute Gasteiger partial charge is 0.478 e. The van der Waals surface area contributed by atoms with Crippen molar-refractivity contribution in [1.29, 1.82) is 0 Å². The number of amides is 2. The zero-order chi connectivity index (χ0) is 21.0.